The quantitative estimate of drug-likeness (QED) is 0.857. The van der Waals surface area contributed by atoms with Gasteiger partial charge in [0.1, 0.15) is 17.5 Å². The molecule has 2 aromatic rings. The number of nitrogens with zero attached hydrogens (tertiary/aromatic N) is 4. The van der Waals surface area contributed by atoms with Gasteiger partial charge in [0, 0.05) is 32.1 Å². The summed E-state index contributed by atoms with van der Waals surface area (Å²) in [5.41, 5.74) is 0.948. The summed E-state index contributed by atoms with van der Waals surface area (Å²) < 4.78 is 0. The van der Waals surface area contributed by atoms with E-state index in [1.54, 1.807) is 0 Å². The van der Waals surface area contributed by atoms with Crippen LogP contribution in [0.5, 0.6) is 0 Å². The Morgan fingerprint density at radius 3 is 3.00 bits per heavy atom. The summed E-state index contributed by atoms with van der Waals surface area (Å²) in [6.07, 6.45) is 4.17. The summed E-state index contributed by atoms with van der Waals surface area (Å²) >= 11 is 0. The van der Waals surface area contributed by atoms with E-state index in [1.165, 1.54) is 0 Å². The highest BCUT2D eigenvalue weighted by atomic mass is 15.2. The molecule has 19 heavy (non-hydrogen) atoms. The fourth-order valence-electron chi connectivity index (χ4n) is 1.69. The number of H-pyrrole nitrogens is 1. The molecule has 2 rings (SSSR count). The molecule has 0 spiro atoms. The second-order valence-electron chi connectivity index (χ2n) is 4.21. The number of anilines is 3. The van der Waals surface area contributed by atoms with Gasteiger partial charge in [-0.1, -0.05) is 0 Å². The van der Waals surface area contributed by atoms with Crippen molar-refractivity contribution in [2.24, 2.45) is 0 Å². The molecule has 0 fully saturated rings. The van der Waals surface area contributed by atoms with Crippen LogP contribution in [0.3, 0.4) is 0 Å². The molecule has 0 saturated carbocycles. The molecule has 0 bridgehead atoms. The van der Waals surface area contributed by atoms with Gasteiger partial charge in [-0.25, -0.2) is 9.97 Å². The lowest BCUT2D eigenvalue weighted by atomic mass is 10.4. The van der Waals surface area contributed by atoms with Gasteiger partial charge in [0.2, 0.25) is 0 Å². The lowest BCUT2D eigenvalue weighted by Crippen LogP contribution is -2.20. The summed E-state index contributed by atoms with van der Waals surface area (Å²) in [6.45, 7) is 2.50. The van der Waals surface area contributed by atoms with Crippen LogP contribution >= 0.6 is 0 Å². The van der Waals surface area contributed by atoms with Crippen molar-refractivity contribution in [1.82, 2.24) is 15.0 Å². The van der Waals surface area contributed by atoms with E-state index in [2.05, 4.69) is 26.3 Å². The van der Waals surface area contributed by atoms with Gasteiger partial charge in [-0.15, -0.1) is 0 Å². The van der Waals surface area contributed by atoms with Gasteiger partial charge in [0.25, 0.3) is 0 Å². The second kappa shape index (κ2) is 5.87. The minimum atomic E-state index is 0.472. The third-order valence-corrected chi connectivity index (χ3v) is 2.64. The van der Waals surface area contributed by atoms with Crippen molar-refractivity contribution in [3.63, 3.8) is 0 Å². The molecule has 98 valence electrons. The zero-order valence-electron chi connectivity index (χ0n) is 11.0. The molecule has 0 aliphatic carbocycles. The van der Waals surface area contributed by atoms with E-state index in [1.807, 2.05) is 43.4 Å². The van der Waals surface area contributed by atoms with Gasteiger partial charge >= 0.3 is 0 Å². The number of aryl methyl sites for hydroxylation is 1. The Hall–Kier alpha value is -2.55. The van der Waals surface area contributed by atoms with E-state index < -0.39 is 0 Å². The number of hydrogen-bond donors (Lipinski definition) is 2. The highest BCUT2D eigenvalue weighted by molar-refractivity contribution is 5.58. The number of aromatic amines is 1. The monoisotopic (exact) mass is 256 g/mol. The van der Waals surface area contributed by atoms with Crippen molar-refractivity contribution in [1.29, 1.82) is 5.26 Å². The summed E-state index contributed by atoms with van der Waals surface area (Å²) in [6, 6.07) is 5.93. The van der Waals surface area contributed by atoms with Crippen molar-refractivity contribution >= 4 is 17.3 Å². The van der Waals surface area contributed by atoms with Gasteiger partial charge < -0.3 is 15.2 Å². The molecule has 2 heterocycles. The Morgan fingerprint density at radius 1 is 1.47 bits per heavy atom. The first-order chi connectivity index (χ1) is 9.19. The van der Waals surface area contributed by atoms with Gasteiger partial charge in [-0.2, -0.15) is 5.26 Å². The first-order valence-corrected chi connectivity index (χ1v) is 6.02. The molecule has 0 aliphatic heterocycles. The molecule has 6 nitrogen and oxygen atoms in total. The van der Waals surface area contributed by atoms with Crippen LogP contribution in [0.4, 0.5) is 17.3 Å². The van der Waals surface area contributed by atoms with E-state index in [0.29, 0.717) is 18.8 Å². The van der Waals surface area contributed by atoms with Crippen LogP contribution in [0.2, 0.25) is 0 Å². The zero-order chi connectivity index (χ0) is 13.7. The standard InChI is InChI=1S/C13H16N6/c1-10-16-12(18-11-4-6-15-9-11)8-13(17-10)19(2)7-3-5-14/h4,6,8-9,15H,3,7H2,1-2H3,(H,16,17,18). The number of nitriles is 1. The first-order valence-electron chi connectivity index (χ1n) is 6.02. The van der Waals surface area contributed by atoms with E-state index in [4.69, 9.17) is 5.26 Å². The Bertz CT molecular complexity index is 569. The molecule has 2 N–H and O–H groups in total. The average molecular weight is 256 g/mol. The molecular formula is C13H16N6. The van der Waals surface area contributed by atoms with Crippen molar-refractivity contribution < 1.29 is 0 Å². The number of nitrogens with one attached hydrogen (secondary N) is 2. The number of hydrogen-bond acceptors (Lipinski definition) is 5. The molecule has 0 saturated heterocycles. The van der Waals surface area contributed by atoms with Crippen LogP contribution in [-0.4, -0.2) is 28.5 Å². The maximum absolute atomic E-state index is 8.62. The summed E-state index contributed by atoms with van der Waals surface area (Å²) in [4.78, 5) is 13.6. The Kier molecular flexibility index (Phi) is 3.98. The normalized spacial score (nSPS) is 9.95. The number of rotatable bonds is 5. The molecule has 0 amide bonds. The summed E-state index contributed by atoms with van der Waals surface area (Å²) in [7, 11) is 1.92. The topological polar surface area (TPSA) is 80.6 Å². The Balaban J connectivity index is 2.17. The molecule has 2 aromatic heterocycles. The first kappa shape index (κ1) is 12.9. The van der Waals surface area contributed by atoms with E-state index >= 15 is 0 Å². The number of aromatic nitrogens is 3. The molecule has 0 atom stereocenters. The molecular weight excluding hydrogens is 240 g/mol. The third kappa shape index (κ3) is 3.45. The van der Waals surface area contributed by atoms with Crippen LogP contribution in [0.25, 0.3) is 0 Å². The SMILES string of the molecule is Cc1nc(Nc2cc[nH]c2)cc(N(C)CCC#N)n1. The Morgan fingerprint density at radius 2 is 2.32 bits per heavy atom. The van der Waals surface area contributed by atoms with E-state index in [0.717, 1.165) is 17.3 Å². The summed E-state index contributed by atoms with van der Waals surface area (Å²) in [5, 5.41) is 11.8. The van der Waals surface area contributed by atoms with Gasteiger partial charge in [0.05, 0.1) is 18.2 Å². The van der Waals surface area contributed by atoms with Crippen molar-refractivity contribution in [2.45, 2.75) is 13.3 Å². The zero-order valence-corrected chi connectivity index (χ0v) is 11.0. The molecule has 0 aromatic carbocycles. The largest absolute Gasteiger partial charge is 0.366 e. The van der Waals surface area contributed by atoms with Gasteiger partial charge in [-0.3, -0.25) is 0 Å². The molecule has 6 heteroatoms. The summed E-state index contributed by atoms with van der Waals surface area (Å²) in [5.74, 6) is 2.24. The smallest absolute Gasteiger partial charge is 0.136 e. The van der Waals surface area contributed by atoms with Crippen LogP contribution in [-0.2, 0) is 0 Å². The van der Waals surface area contributed by atoms with Crippen molar-refractivity contribution in [3.8, 4) is 6.07 Å². The lowest BCUT2D eigenvalue weighted by molar-refractivity contribution is 0.871. The molecule has 0 aliphatic rings. The van der Waals surface area contributed by atoms with Gasteiger partial charge in [0.15, 0.2) is 0 Å². The van der Waals surface area contributed by atoms with Crippen LogP contribution < -0.4 is 10.2 Å². The fraction of sp³-hybridized carbons (Fsp3) is 0.308. The van der Waals surface area contributed by atoms with Gasteiger partial charge in [-0.05, 0) is 13.0 Å². The van der Waals surface area contributed by atoms with E-state index in [-0.39, 0.29) is 0 Å². The molecule has 0 unspecified atom stereocenters. The lowest BCUT2D eigenvalue weighted by Gasteiger charge is -2.17. The maximum Gasteiger partial charge on any atom is 0.136 e. The highest BCUT2D eigenvalue weighted by Crippen LogP contribution is 2.18. The minimum absolute atomic E-state index is 0.472. The highest BCUT2D eigenvalue weighted by Gasteiger charge is 2.06. The Labute approximate surface area is 112 Å². The predicted octanol–water partition coefficient (Wildman–Crippen LogP) is 2.21. The predicted molar refractivity (Wildman–Crippen MR) is 74.3 cm³/mol. The maximum atomic E-state index is 8.62. The van der Waals surface area contributed by atoms with E-state index in [9.17, 15) is 0 Å². The van der Waals surface area contributed by atoms with Crippen LogP contribution in [0.1, 0.15) is 12.2 Å². The van der Waals surface area contributed by atoms with Crippen LogP contribution in [0, 0.1) is 18.3 Å². The molecule has 0 radical (unpaired) electrons. The van der Waals surface area contributed by atoms with Crippen molar-refractivity contribution in [2.75, 3.05) is 23.8 Å². The minimum Gasteiger partial charge on any atom is -0.366 e. The third-order valence-electron chi connectivity index (χ3n) is 2.64. The fourth-order valence-corrected chi connectivity index (χ4v) is 1.69. The van der Waals surface area contributed by atoms with Crippen molar-refractivity contribution in [3.05, 3.63) is 30.4 Å². The van der Waals surface area contributed by atoms with Crippen LogP contribution in [0.15, 0.2) is 24.5 Å². The second-order valence-corrected chi connectivity index (χ2v) is 4.21. The average Bonchev–Trinajstić information content (AvgIpc) is 2.88.